The van der Waals surface area contributed by atoms with Crippen molar-refractivity contribution in [2.24, 2.45) is 5.92 Å². The van der Waals surface area contributed by atoms with E-state index in [1.165, 1.54) is 6.07 Å². The van der Waals surface area contributed by atoms with E-state index in [2.05, 4.69) is 13.8 Å². The van der Waals surface area contributed by atoms with E-state index in [-0.39, 0.29) is 12.4 Å². The summed E-state index contributed by atoms with van der Waals surface area (Å²) in [6, 6.07) is 4.98. The highest BCUT2D eigenvalue weighted by molar-refractivity contribution is 5.34. The molecule has 15 heavy (non-hydrogen) atoms. The molecule has 0 aliphatic rings. The summed E-state index contributed by atoms with van der Waals surface area (Å²) >= 11 is 0. The molecule has 1 radical (unpaired) electrons. The summed E-state index contributed by atoms with van der Waals surface area (Å²) in [7, 11) is 0. The maximum atomic E-state index is 13.3. The number of hydrogen-bond acceptors (Lipinski definition) is 1. The lowest BCUT2D eigenvalue weighted by atomic mass is 9.96. The second kappa shape index (κ2) is 5.26. The van der Waals surface area contributed by atoms with Gasteiger partial charge in [0, 0.05) is 5.92 Å². The molecule has 0 spiro atoms. The van der Waals surface area contributed by atoms with Crippen molar-refractivity contribution in [3.8, 4) is 0 Å². The standard InChI is InChI=1S/C13H18FO/c1-9(2)4-11-5-12(10(3)8-15)7-13(14)6-11/h5-7,9,15H,4,8H2,1-3H3. The Bertz CT molecular complexity index is 320. The van der Waals surface area contributed by atoms with E-state index in [1.807, 2.05) is 13.0 Å². The Balaban J connectivity index is 2.94. The monoisotopic (exact) mass is 209 g/mol. The van der Waals surface area contributed by atoms with E-state index in [0.29, 0.717) is 5.92 Å². The van der Waals surface area contributed by atoms with Crippen molar-refractivity contribution >= 4 is 0 Å². The number of hydrogen-bond donors (Lipinski definition) is 1. The van der Waals surface area contributed by atoms with Crippen LogP contribution in [0.5, 0.6) is 0 Å². The fraction of sp³-hybridized carbons (Fsp3) is 0.462. The van der Waals surface area contributed by atoms with Gasteiger partial charge in [0.2, 0.25) is 0 Å². The maximum Gasteiger partial charge on any atom is 0.123 e. The molecule has 0 unspecified atom stereocenters. The van der Waals surface area contributed by atoms with Crippen molar-refractivity contribution in [1.29, 1.82) is 0 Å². The van der Waals surface area contributed by atoms with Crippen molar-refractivity contribution < 1.29 is 9.50 Å². The van der Waals surface area contributed by atoms with E-state index in [4.69, 9.17) is 5.11 Å². The highest BCUT2D eigenvalue weighted by Crippen LogP contribution is 2.19. The van der Waals surface area contributed by atoms with Crippen molar-refractivity contribution in [2.75, 3.05) is 6.61 Å². The van der Waals surface area contributed by atoms with E-state index < -0.39 is 0 Å². The van der Waals surface area contributed by atoms with Gasteiger partial charge >= 0.3 is 0 Å². The van der Waals surface area contributed by atoms with Crippen LogP contribution in [0.1, 0.15) is 31.9 Å². The summed E-state index contributed by atoms with van der Waals surface area (Å²) in [6.07, 6.45) is 0.865. The summed E-state index contributed by atoms with van der Waals surface area (Å²) in [5, 5.41) is 8.99. The van der Waals surface area contributed by atoms with Gasteiger partial charge in [-0.1, -0.05) is 26.8 Å². The van der Waals surface area contributed by atoms with Crippen LogP contribution in [0.4, 0.5) is 4.39 Å². The molecule has 0 fully saturated rings. The van der Waals surface area contributed by atoms with Crippen LogP contribution in [0, 0.1) is 17.7 Å². The molecule has 0 bridgehead atoms. The third-order valence-electron chi connectivity index (χ3n) is 2.33. The van der Waals surface area contributed by atoms with Crippen LogP contribution in [0.3, 0.4) is 0 Å². The molecule has 0 saturated carbocycles. The Kier molecular flexibility index (Phi) is 4.28. The van der Waals surface area contributed by atoms with Gasteiger partial charge in [-0.2, -0.15) is 0 Å². The molecule has 0 heterocycles. The van der Waals surface area contributed by atoms with Crippen LogP contribution < -0.4 is 0 Å². The van der Waals surface area contributed by atoms with E-state index in [0.717, 1.165) is 23.5 Å². The van der Waals surface area contributed by atoms with Gasteiger partial charge in [-0.25, -0.2) is 4.39 Å². The number of benzene rings is 1. The first kappa shape index (κ1) is 12.2. The molecule has 0 aliphatic heterocycles. The average Bonchev–Trinajstić information content (AvgIpc) is 2.14. The van der Waals surface area contributed by atoms with Crippen LogP contribution in [-0.4, -0.2) is 11.7 Å². The summed E-state index contributed by atoms with van der Waals surface area (Å²) < 4.78 is 13.3. The first-order valence-corrected chi connectivity index (χ1v) is 5.26. The van der Waals surface area contributed by atoms with Gasteiger partial charge in [-0.15, -0.1) is 0 Å². The maximum absolute atomic E-state index is 13.3. The van der Waals surface area contributed by atoms with Gasteiger partial charge < -0.3 is 5.11 Å². The van der Waals surface area contributed by atoms with Crippen LogP contribution in [-0.2, 0) is 6.42 Å². The summed E-state index contributed by atoms with van der Waals surface area (Å²) in [4.78, 5) is 0. The van der Waals surface area contributed by atoms with Crippen molar-refractivity contribution in [3.05, 3.63) is 41.1 Å². The highest BCUT2D eigenvalue weighted by atomic mass is 19.1. The molecule has 83 valence electrons. The largest absolute Gasteiger partial charge is 0.395 e. The molecule has 0 aromatic heterocycles. The zero-order chi connectivity index (χ0) is 11.4. The summed E-state index contributed by atoms with van der Waals surface area (Å²) in [5.74, 6) is 1.09. The normalized spacial score (nSPS) is 11.4. The smallest absolute Gasteiger partial charge is 0.123 e. The predicted octanol–water partition coefficient (Wildman–Crippen LogP) is 2.96. The second-order valence-electron chi connectivity index (χ2n) is 4.38. The van der Waals surface area contributed by atoms with E-state index in [1.54, 1.807) is 6.07 Å². The number of aliphatic hydroxyl groups is 1. The van der Waals surface area contributed by atoms with Gasteiger partial charge in [0.1, 0.15) is 5.82 Å². The minimum atomic E-state index is -0.226. The molecule has 1 aromatic rings. The Morgan fingerprint density at radius 1 is 1.33 bits per heavy atom. The topological polar surface area (TPSA) is 20.2 Å². The Morgan fingerprint density at radius 2 is 2.00 bits per heavy atom. The van der Waals surface area contributed by atoms with Crippen molar-refractivity contribution in [2.45, 2.75) is 27.2 Å². The first-order chi connectivity index (χ1) is 7.02. The van der Waals surface area contributed by atoms with Gasteiger partial charge in [0.05, 0.1) is 6.61 Å². The lowest BCUT2D eigenvalue weighted by Crippen LogP contribution is -2.03. The minimum absolute atomic E-state index is 0.0232. The lowest BCUT2D eigenvalue weighted by molar-refractivity contribution is 0.315. The van der Waals surface area contributed by atoms with Crippen LogP contribution >= 0.6 is 0 Å². The van der Waals surface area contributed by atoms with Crippen LogP contribution in [0.25, 0.3) is 0 Å². The quantitative estimate of drug-likeness (QED) is 0.808. The summed E-state index contributed by atoms with van der Waals surface area (Å²) in [6.45, 7) is 6.00. The average molecular weight is 209 g/mol. The predicted molar refractivity (Wildman–Crippen MR) is 60.0 cm³/mol. The molecule has 2 heteroatoms. The molecular weight excluding hydrogens is 191 g/mol. The molecule has 0 atom stereocenters. The molecule has 0 amide bonds. The Labute approximate surface area is 90.9 Å². The second-order valence-corrected chi connectivity index (χ2v) is 4.38. The Hall–Kier alpha value is -0.890. The summed E-state index contributed by atoms with van der Waals surface area (Å²) in [5.41, 5.74) is 1.79. The zero-order valence-corrected chi connectivity index (χ0v) is 9.55. The van der Waals surface area contributed by atoms with E-state index >= 15 is 0 Å². The van der Waals surface area contributed by atoms with E-state index in [9.17, 15) is 4.39 Å². The fourth-order valence-corrected chi connectivity index (χ4v) is 1.58. The molecular formula is C13H18FO. The molecule has 1 nitrogen and oxygen atoms in total. The van der Waals surface area contributed by atoms with Gasteiger partial charge in [-0.05, 0) is 35.6 Å². The molecule has 1 N–H and O–H groups in total. The van der Waals surface area contributed by atoms with Gasteiger partial charge in [0.15, 0.2) is 0 Å². The van der Waals surface area contributed by atoms with Crippen LogP contribution in [0.2, 0.25) is 0 Å². The van der Waals surface area contributed by atoms with Crippen molar-refractivity contribution in [3.63, 3.8) is 0 Å². The number of rotatable bonds is 4. The van der Waals surface area contributed by atoms with Crippen LogP contribution in [0.15, 0.2) is 18.2 Å². The number of aliphatic hydroxyl groups excluding tert-OH is 1. The van der Waals surface area contributed by atoms with Gasteiger partial charge in [-0.3, -0.25) is 0 Å². The Morgan fingerprint density at radius 3 is 2.53 bits per heavy atom. The molecule has 1 rings (SSSR count). The first-order valence-electron chi connectivity index (χ1n) is 5.26. The SMILES string of the molecule is C[C](CO)c1cc(F)cc(CC(C)C)c1. The van der Waals surface area contributed by atoms with Gasteiger partial charge in [0.25, 0.3) is 0 Å². The minimum Gasteiger partial charge on any atom is -0.395 e. The third kappa shape index (κ3) is 3.63. The van der Waals surface area contributed by atoms with Crippen molar-refractivity contribution in [1.82, 2.24) is 0 Å². The zero-order valence-electron chi connectivity index (χ0n) is 9.55. The molecule has 0 saturated heterocycles. The fourth-order valence-electron chi connectivity index (χ4n) is 1.58. The molecule has 0 aliphatic carbocycles. The highest BCUT2D eigenvalue weighted by Gasteiger charge is 2.08. The number of halogens is 1. The molecule has 1 aromatic carbocycles. The lowest BCUT2D eigenvalue weighted by Gasteiger charge is -2.11. The third-order valence-corrected chi connectivity index (χ3v) is 2.33.